The highest BCUT2D eigenvalue weighted by molar-refractivity contribution is 7.89. The van der Waals surface area contributed by atoms with Gasteiger partial charge < -0.3 is 10.2 Å². The van der Waals surface area contributed by atoms with E-state index in [4.69, 9.17) is 0 Å². The minimum Gasteiger partial charge on any atom is -0.324 e. The number of benzene rings is 1. The first-order valence-corrected chi connectivity index (χ1v) is 12.0. The Morgan fingerprint density at radius 3 is 2.48 bits per heavy atom. The molecule has 1 aromatic carbocycles. The number of aryl methyl sites for hydroxylation is 2. The largest absolute Gasteiger partial charge is 0.324 e. The van der Waals surface area contributed by atoms with Crippen LogP contribution in [0.5, 0.6) is 0 Å². The second-order valence-corrected chi connectivity index (χ2v) is 10.2. The van der Waals surface area contributed by atoms with E-state index in [1.165, 1.54) is 35.1 Å². The average Bonchev–Trinajstić information content (AvgIpc) is 3.41. The molecule has 156 valence electrons. The molecule has 3 aliphatic rings. The molecular formula is C20H28N6O2S. The molecule has 1 aliphatic heterocycles. The molecule has 1 unspecified atom stereocenters. The summed E-state index contributed by atoms with van der Waals surface area (Å²) in [4.78, 5) is 5.03. The van der Waals surface area contributed by atoms with Crippen LogP contribution >= 0.6 is 0 Å². The lowest BCUT2D eigenvalue weighted by molar-refractivity contribution is 0.242. The maximum absolute atomic E-state index is 12.8. The molecule has 1 aromatic heterocycles. The fraction of sp³-hybridized carbons (Fsp3) is 0.600. The van der Waals surface area contributed by atoms with Crippen molar-refractivity contribution in [1.29, 1.82) is 0 Å². The van der Waals surface area contributed by atoms with Gasteiger partial charge in [-0.15, -0.1) is 10.2 Å². The van der Waals surface area contributed by atoms with E-state index in [1.54, 1.807) is 0 Å². The molecule has 2 aromatic rings. The molecule has 0 amide bonds. The van der Waals surface area contributed by atoms with Crippen LogP contribution in [0.3, 0.4) is 0 Å². The van der Waals surface area contributed by atoms with E-state index in [0.717, 1.165) is 50.8 Å². The Labute approximate surface area is 171 Å². The standard InChI is InChI=1S/C20H28N6O2S/c1-26-10-4-7-15(12-26)25-29(27,28)20-22-19(23-24-20)21-18-16-8-2-5-13(16)11-14-6-3-9-17(14)18/h11,15,25H,2-10,12H2,1H3,(H2,21,22,23,24). The summed E-state index contributed by atoms with van der Waals surface area (Å²) in [5.41, 5.74) is 6.67. The molecule has 1 atom stereocenters. The Kier molecular flexibility index (Phi) is 4.84. The van der Waals surface area contributed by atoms with E-state index in [0.29, 0.717) is 12.5 Å². The number of aromatic nitrogens is 3. The zero-order valence-electron chi connectivity index (χ0n) is 16.8. The van der Waals surface area contributed by atoms with E-state index in [2.05, 4.69) is 36.2 Å². The lowest BCUT2D eigenvalue weighted by Crippen LogP contribution is -2.46. The van der Waals surface area contributed by atoms with E-state index >= 15 is 0 Å². The topological polar surface area (TPSA) is 103 Å². The Morgan fingerprint density at radius 2 is 1.79 bits per heavy atom. The fourth-order valence-electron chi connectivity index (χ4n) is 5.05. The van der Waals surface area contributed by atoms with Crippen LogP contribution in [0.4, 0.5) is 11.6 Å². The van der Waals surface area contributed by atoms with Crippen molar-refractivity contribution in [1.82, 2.24) is 24.8 Å². The van der Waals surface area contributed by atoms with Crippen molar-refractivity contribution in [2.75, 3.05) is 25.5 Å². The van der Waals surface area contributed by atoms with Gasteiger partial charge in [0.2, 0.25) is 5.95 Å². The number of nitrogens with one attached hydrogen (secondary N) is 3. The van der Waals surface area contributed by atoms with Crippen LogP contribution in [-0.4, -0.2) is 54.7 Å². The predicted octanol–water partition coefficient (Wildman–Crippen LogP) is 1.90. The van der Waals surface area contributed by atoms with Gasteiger partial charge in [0.15, 0.2) is 0 Å². The quantitative estimate of drug-likeness (QED) is 0.688. The molecule has 2 heterocycles. The monoisotopic (exact) mass is 416 g/mol. The lowest BCUT2D eigenvalue weighted by Gasteiger charge is -2.29. The van der Waals surface area contributed by atoms with Gasteiger partial charge in [-0.3, -0.25) is 4.98 Å². The van der Waals surface area contributed by atoms with Gasteiger partial charge in [0.25, 0.3) is 15.2 Å². The van der Waals surface area contributed by atoms with Crippen LogP contribution in [0.15, 0.2) is 11.2 Å². The molecule has 9 heteroatoms. The summed E-state index contributed by atoms with van der Waals surface area (Å²) >= 11 is 0. The number of likely N-dealkylation sites (N-methyl/N-ethyl adjacent to an activating group) is 1. The second kappa shape index (κ2) is 7.37. The maximum Gasteiger partial charge on any atom is 0.276 e. The van der Waals surface area contributed by atoms with Crippen LogP contribution in [0.2, 0.25) is 0 Å². The SMILES string of the molecule is CN1CCCC(NS(=O)(=O)c2nnc(Nc3c4c(cc5c3CCC5)CCC4)[nH]2)C1. The number of rotatable bonds is 5. The van der Waals surface area contributed by atoms with Crippen molar-refractivity contribution < 1.29 is 8.42 Å². The first-order chi connectivity index (χ1) is 14.0. The second-order valence-electron chi connectivity index (χ2n) is 8.56. The van der Waals surface area contributed by atoms with Crippen molar-refractivity contribution in [2.45, 2.75) is 62.6 Å². The molecule has 5 rings (SSSR count). The third-order valence-corrected chi connectivity index (χ3v) is 7.72. The Hall–Kier alpha value is -1.97. The van der Waals surface area contributed by atoms with Gasteiger partial charge in [-0.2, -0.15) is 0 Å². The summed E-state index contributed by atoms with van der Waals surface area (Å²) < 4.78 is 28.3. The Bertz CT molecular complexity index is 1000. The molecule has 0 spiro atoms. The third-order valence-electron chi connectivity index (χ3n) is 6.38. The maximum atomic E-state index is 12.8. The van der Waals surface area contributed by atoms with E-state index in [1.807, 2.05) is 7.05 Å². The summed E-state index contributed by atoms with van der Waals surface area (Å²) in [6.07, 6.45) is 8.51. The van der Waals surface area contributed by atoms with Crippen LogP contribution < -0.4 is 10.0 Å². The summed E-state index contributed by atoms with van der Waals surface area (Å²) in [5.74, 6) is 0.389. The zero-order chi connectivity index (χ0) is 20.0. The molecule has 0 radical (unpaired) electrons. The van der Waals surface area contributed by atoms with Gasteiger partial charge >= 0.3 is 0 Å². The van der Waals surface area contributed by atoms with Crippen molar-refractivity contribution in [3.63, 3.8) is 0 Å². The zero-order valence-corrected chi connectivity index (χ0v) is 17.6. The van der Waals surface area contributed by atoms with Gasteiger partial charge in [-0.25, -0.2) is 13.1 Å². The number of nitrogens with zero attached hydrogens (tertiary/aromatic N) is 3. The molecule has 8 nitrogen and oxygen atoms in total. The summed E-state index contributed by atoms with van der Waals surface area (Å²) in [5, 5.41) is 11.3. The highest BCUT2D eigenvalue weighted by Gasteiger charge is 2.28. The normalized spacial score (nSPS) is 21.9. The number of likely N-dealkylation sites (tertiary alicyclic amines) is 1. The molecule has 0 saturated carbocycles. The van der Waals surface area contributed by atoms with Crippen LogP contribution in [0.25, 0.3) is 0 Å². The molecular weight excluding hydrogens is 388 g/mol. The summed E-state index contributed by atoms with van der Waals surface area (Å²) in [7, 11) is -1.72. The summed E-state index contributed by atoms with van der Waals surface area (Å²) in [6.45, 7) is 1.71. The summed E-state index contributed by atoms with van der Waals surface area (Å²) in [6, 6.07) is 2.28. The fourth-order valence-corrected chi connectivity index (χ4v) is 6.17. The minimum absolute atomic E-state index is 0.0964. The van der Waals surface area contributed by atoms with Crippen molar-refractivity contribution in [2.24, 2.45) is 0 Å². The number of hydrogen-bond donors (Lipinski definition) is 3. The van der Waals surface area contributed by atoms with Crippen molar-refractivity contribution in [3.05, 3.63) is 28.3 Å². The highest BCUT2D eigenvalue weighted by Crippen LogP contribution is 2.39. The van der Waals surface area contributed by atoms with Crippen LogP contribution in [-0.2, 0) is 35.7 Å². The van der Waals surface area contributed by atoms with Gasteiger partial charge in [-0.05, 0) is 87.2 Å². The number of H-pyrrole nitrogens is 1. The number of anilines is 2. The highest BCUT2D eigenvalue weighted by atomic mass is 32.2. The number of fused-ring (bicyclic) bond motifs is 2. The van der Waals surface area contributed by atoms with E-state index < -0.39 is 10.0 Å². The van der Waals surface area contributed by atoms with Gasteiger partial charge in [0.05, 0.1) is 0 Å². The Balaban J connectivity index is 1.38. The first kappa shape index (κ1) is 19.0. The van der Waals surface area contributed by atoms with E-state index in [-0.39, 0.29) is 11.2 Å². The van der Waals surface area contributed by atoms with Gasteiger partial charge in [0, 0.05) is 18.3 Å². The molecule has 1 fully saturated rings. The van der Waals surface area contributed by atoms with Crippen LogP contribution in [0, 0.1) is 0 Å². The third kappa shape index (κ3) is 3.67. The van der Waals surface area contributed by atoms with Gasteiger partial charge in [0.1, 0.15) is 0 Å². The van der Waals surface area contributed by atoms with Crippen molar-refractivity contribution >= 4 is 21.7 Å². The molecule has 29 heavy (non-hydrogen) atoms. The molecule has 2 aliphatic carbocycles. The lowest BCUT2D eigenvalue weighted by atomic mass is 9.99. The predicted molar refractivity (Wildman–Crippen MR) is 111 cm³/mol. The number of sulfonamides is 1. The molecule has 0 bridgehead atoms. The minimum atomic E-state index is -3.72. The average molecular weight is 417 g/mol. The van der Waals surface area contributed by atoms with Gasteiger partial charge in [-0.1, -0.05) is 6.07 Å². The van der Waals surface area contributed by atoms with Crippen LogP contribution in [0.1, 0.15) is 47.9 Å². The molecule has 1 saturated heterocycles. The number of aromatic amines is 1. The molecule has 3 N–H and O–H groups in total. The Morgan fingerprint density at radius 1 is 1.07 bits per heavy atom. The van der Waals surface area contributed by atoms with E-state index in [9.17, 15) is 8.42 Å². The van der Waals surface area contributed by atoms with Crippen molar-refractivity contribution in [3.8, 4) is 0 Å². The number of hydrogen-bond acceptors (Lipinski definition) is 6. The number of piperidine rings is 1. The smallest absolute Gasteiger partial charge is 0.276 e. The first-order valence-electron chi connectivity index (χ1n) is 10.6.